The first-order valence-electron chi connectivity index (χ1n) is 12.0. The van der Waals surface area contributed by atoms with Crippen molar-refractivity contribution >= 4 is 23.1 Å². The lowest BCUT2D eigenvalue weighted by atomic mass is 9.89. The number of nitrogens with zero attached hydrogens (tertiary/aromatic N) is 4. The Hall–Kier alpha value is -4.11. The maximum absolute atomic E-state index is 11.2. The van der Waals surface area contributed by atoms with Crippen molar-refractivity contribution in [3.63, 3.8) is 0 Å². The number of primary amides is 1. The molecular formula is C27H30N6O3. The third-order valence-corrected chi connectivity index (χ3v) is 6.69. The predicted molar refractivity (Wildman–Crippen MR) is 139 cm³/mol. The molecule has 0 radical (unpaired) electrons. The van der Waals surface area contributed by atoms with Gasteiger partial charge in [-0.3, -0.25) is 9.69 Å². The first-order chi connectivity index (χ1) is 17.6. The van der Waals surface area contributed by atoms with Gasteiger partial charge in [0.2, 0.25) is 11.9 Å². The molecule has 1 saturated heterocycles. The second kappa shape index (κ2) is 10.2. The Labute approximate surface area is 209 Å². The number of fused-ring (bicyclic) bond motifs is 1. The quantitative estimate of drug-likeness (QED) is 0.390. The van der Waals surface area contributed by atoms with Gasteiger partial charge in [-0.1, -0.05) is 18.2 Å². The van der Waals surface area contributed by atoms with Crippen LogP contribution in [0.1, 0.15) is 24.3 Å². The molecular weight excluding hydrogens is 456 g/mol. The molecule has 1 fully saturated rings. The molecule has 2 aromatic heterocycles. The highest BCUT2D eigenvalue weighted by Crippen LogP contribution is 2.35. The molecule has 186 valence electrons. The Morgan fingerprint density at radius 1 is 1.06 bits per heavy atom. The molecule has 36 heavy (non-hydrogen) atoms. The Bertz CT molecular complexity index is 1380. The molecule has 0 saturated carbocycles. The van der Waals surface area contributed by atoms with Crippen LogP contribution >= 0.6 is 0 Å². The third kappa shape index (κ3) is 4.83. The lowest BCUT2D eigenvalue weighted by Gasteiger charge is -2.31. The van der Waals surface area contributed by atoms with Gasteiger partial charge in [0.15, 0.2) is 0 Å². The minimum atomic E-state index is -0.277. The lowest BCUT2D eigenvalue weighted by Crippen LogP contribution is -2.39. The van der Waals surface area contributed by atoms with Crippen molar-refractivity contribution in [2.75, 3.05) is 39.2 Å². The summed E-state index contributed by atoms with van der Waals surface area (Å²) < 4.78 is 13.1. The molecule has 4 aromatic rings. The molecule has 0 unspecified atom stereocenters. The summed E-state index contributed by atoms with van der Waals surface area (Å²) in [6.45, 7) is 2.04. The van der Waals surface area contributed by atoms with Crippen molar-refractivity contribution in [1.29, 1.82) is 0 Å². The SMILES string of the molecule is COc1cc(C2CCN(CC(N)=O)CC2)ccc1Nc1ncc2ccc(-c3ccccc3OC)n2n1. The fourth-order valence-electron chi connectivity index (χ4n) is 4.85. The number of rotatable bonds is 8. The number of hydrogen-bond acceptors (Lipinski definition) is 7. The van der Waals surface area contributed by atoms with E-state index in [2.05, 4.69) is 27.3 Å². The van der Waals surface area contributed by atoms with Gasteiger partial charge < -0.3 is 20.5 Å². The molecule has 1 amide bonds. The largest absolute Gasteiger partial charge is 0.496 e. The Morgan fingerprint density at radius 2 is 1.83 bits per heavy atom. The summed E-state index contributed by atoms with van der Waals surface area (Å²) in [7, 11) is 3.33. The maximum Gasteiger partial charge on any atom is 0.245 e. The summed E-state index contributed by atoms with van der Waals surface area (Å²) in [5.41, 5.74) is 10.1. The number of likely N-dealkylation sites (tertiary alicyclic amines) is 1. The number of methoxy groups -OCH3 is 2. The van der Waals surface area contributed by atoms with Crippen LogP contribution in [-0.4, -0.2) is 59.3 Å². The number of nitrogens with one attached hydrogen (secondary N) is 1. The molecule has 0 aliphatic carbocycles. The zero-order valence-corrected chi connectivity index (χ0v) is 20.5. The number of carbonyl (C=O) groups is 1. The van der Waals surface area contributed by atoms with E-state index < -0.39 is 0 Å². The van der Waals surface area contributed by atoms with Crippen molar-refractivity contribution in [2.24, 2.45) is 5.73 Å². The number of carbonyl (C=O) groups excluding carboxylic acids is 1. The Morgan fingerprint density at radius 3 is 2.58 bits per heavy atom. The molecule has 0 atom stereocenters. The average molecular weight is 487 g/mol. The highest BCUT2D eigenvalue weighted by Gasteiger charge is 2.22. The van der Waals surface area contributed by atoms with Gasteiger partial charge in [0.05, 0.1) is 43.9 Å². The van der Waals surface area contributed by atoms with Crippen LogP contribution in [0, 0.1) is 0 Å². The molecule has 1 aliphatic rings. The summed E-state index contributed by atoms with van der Waals surface area (Å²) in [6.07, 6.45) is 3.74. The van der Waals surface area contributed by atoms with Crippen LogP contribution < -0.4 is 20.5 Å². The number of benzene rings is 2. The number of nitrogens with two attached hydrogens (primary N) is 1. The number of amides is 1. The van der Waals surface area contributed by atoms with E-state index in [-0.39, 0.29) is 5.91 Å². The summed E-state index contributed by atoms with van der Waals surface area (Å²) in [5, 5.41) is 8.05. The number of ether oxygens (including phenoxy) is 2. The van der Waals surface area contributed by atoms with Crippen LogP contribution in [0.25, 0.3) is 16.8 Å². The summed E-state index contributed by atoms with van der Waals surface area (Å²) in [5.74, 6) is 2.10. The smallest absolute Gasteiger partial charge is 0.245 e. The van der Waals surface area contributed by atoms with Gasteiger partial charge in [-0.2, -0.15) is 0 Å². The molecule has 2 aromatic carbocycles. The molecule has 0 spiro atoms. The topological polar surface area (TPSA) is 107 Å². The molecule has 5 rings (SSSR count). The van der Waals surface area contributed by atoms with Crippen LogP contribution in [0.2, 0.25) is 0 Å². The fraction of sp³-hybridized carbons (Fsp3) is 0.296. The van der Waals surface area contributed by atoms with Crippen LogP contribution in [0.15, 0.2) is 60.8 Å². The number of aromatic nitrogens is 3. The van der Waals surface area contributed by atoms with Crippen molar-refractivity contribution in [3.8, 4) is 22.8 Å². The van der Waals surface area contributed by atoms with E-state index >= 15 is 0 Å². The van der Waals surface area contributed by atoms with E-state index in [0.717, 1.165) is 59.9 Å². The van der Waals surface area contributed by atoms with E-state index in [1.165, 1.54) is 5.56 Å². The van der Waals surface area contributed by atoms with E-state index in [9.17, 15) is 4.79 Å². The number of piperidine rings is 1. The van der Waals surface area contributed by atoms with Crippen molar-refractivity contribution < 1.29 is 14.3 Å². The molecule has 9 heteroatoms. The second-order valence-electron chi connectivity index (χ2n) is 8.94. The highest BCUT2D eigenvalue weighted by atomic mass is 16.5. The first-order valence-corrected chi connectivity index (χ1v) is 12.0. The first kappa shape index (κ1) is 23.6. The molecule has 3 N–H and O–H groups in total. The minimum absolute atomic E-state index is 0.277. The van der Waals surface area contributed by atoms with Crippen molar-refractivity contribution in [3.05, 3.63) is 66.4 Å². The number of para-hydroxylation sites is 1. The molecule has 0 bridgehead atoms. The van der Waals surface area contributed by atoms with Gasteiger partial charge in [0.25, 0.3) is 0 Å². The minimum Gasteiger partial charge on any atom is -0.496 e. The van der Waals surface area contributed by atoms with Gasteiger partial charge in [0, 0.05) is 5.56 Å². The average Bonchev–Trinajstić information content (AvgIpc) is 3.32. The zero-order valence-electron chi connectivity index (χ0n) is 20.5. The highest BCUT2D eigenvalue weighted by molar-refractivity contribution is 5.76. The lowest BCUT2D eigenvalue weighted by molar-refractivity contribution is -0.119. The van der Waals surface area contributed by atoms with Crippen LogP contribution in [-0.2, 0) is 4.79 Å². The van der Waals surface area contributed by atoms with E-state index in [1.54, 1.807) is 20.4 Å². The Kier molecular flexibility index (Phi) is 6.73. The van der Waals surface area contributed by atoms with Crippen molar-refractivity contribution in [2.45, 2.75) is 18.8 Å². The van der Waals surface area contributed by atoms with E-state index in [0.29, 0.717) is 18.4 Å². The Balaban J connectivity index is 1.37. The van der Waals surface area contributed by atoms with Gasteiger partial charge in [-0.05, 0) is 73.8 Å². The summed E-state index contributed by atoms with van der Waals surface area (Å²) in [6, 6.07) is 18.1. The van der Waals surface area contributed by atoms with Crippen LogP contribution in [0.3, 0.4) is 0 Å². The van der Waals surface area contributed by atoms with Gasteiger partial charge in [-0.15, -0.1) is 5.10 Å². The van der Waals surface area contributed by atoms with Gasteiger partial charge >= 0.3 is 0 Å². The van der Waals surface area contributed by atoms with Gasteiger partial charge in [0.1, 0.15) is 11.5 Å². The van der Waals surface area contributed by atoms with Crippen molar-refractivity contribution in [1.82, 2.24) is 19.5 Å². The van der Waals surface area contributed by atoms with E-state index in [4.69, 9.17) is 20.3 Å². The number of hydrogen-bond donors (Lipinski definition) is 2. The molecule has 1 aliphatic heterocycles. The standard InChI is InChI=1S/C27H30N6O3/c1-35-24-6-4-3-5-21(24)23-10-8-20-16-29-27(31-33(20)23)30-22-9-7-19(15-25(22)36-2)18-11-13-32(14-12-18)17-26(28)34/h3-10,15-16,18H,11-14,17H2,1-2H3,(H2,28,34)(H,30,31). The van der Waals surface area contributed by atoms with Crippen LogP contribution in [0.5, 0.6) is 11.5 Å². The number of anilines is 2. The van der Waals surface area contributed by atoms with Crippen LogP contribution in [0.4, 0.5) is 11.6 Å². The summed E-state index contributed by atoms with van der Waals surface area (Å²) >= 11 is 0. The monoisotopic (exact) mass is 486 g/mol. The normalized spacial score (nSPS) is 14.6. The third-order valence-electron chi connectivity index (χ3n) is 6.69. The summed E-state index contributed by atoms with van der Waals surface area (Å²) in [4.78, 5) is 17.8. The molecule has 9 nitrogen and oxygen atoms in total. The second-order valence-corrected chi connectivity index (χ2v) is 8.94. The van der Waals surface area contributed by atoms with Gasteiger partial charge in [-0.25, -0.2) is 9.50 Å². The fourth-order valence-corrected chi connectivity index (χ4v) is 4.85. The molecule has 3 heterocycles. The van der Waals surface area contributed by atoms with E-state index in [1.807, 2.05) is 47.0 Å². The predicted octanol–water partition coefficient (Wildman–Crippen LogP) is 3.82. The zero-order chi connectivity index (χ0) is 25.1. The maximum atomic E-state index is 11.2.